The number of hydrogen-bond acceptors (Lipinski definition) is 5. The quantitative estimate of drug-likeness (QED) is 0.385. The molecule has 0 unspecified atom stereocenters. The lowest BCUT2D eigenvalue weighted by molar-refractivity contribution is -0.136. The van der Waals surface area contributed by atoms with Gasteiger partial charge in [-0.25, -0.2) is 13.4 Å². The van der Waals surface area contributed by atoms with E-state index in [9.17, 15) is 21.6 Å². The first kappa shape index (κ1) is 21.8. The van der Waals surface area contributed by atoms with Gasteiger partial charge in [-0.2, -0.15) is 13.2 Å². The monoisotopic (exact) mass is 458 g/mol. The molecule has 0 fully saturated rings. The Hall–Kier alpha value is -3.46. The summed E-state index contributed by atoms with van der Waals surface area (Å²) in [6.45, 7) is 1.77. The van der Waals surface area contributed by atoms with E-state index >= 15 is 0 Å². The van der Waals surface area contributed by atoms with E-state index in [1.54, 1.807) is 37.3 Å². The van der Waals surface area contributed by atoms with E-state index < -0.39 is 21.6 Å². The number of rotatable bonds is 4. The Morgan fingerprint density at radius 2 is 1.69 bits per heavy atom. The summed E-state index contributed by atoms with van der Waals surface area (Å²) in [5.41, 5.74) is 1.00. The predicted octanol–water partition coefficient (Wildman–Crippen LogP) is 5.82. The molecular weight excluding hydrogens is 441 g/mol. The second-order valence-electron chi connectivity index (χ2n) is 7.23. The summed E-state index contributed by atoms with van der Waals surface area (Å²) in [5, 5.41) is 0.246. The Morgan fingerprint density at radius 3 is 2.41 bits per heavy atom. The molecule has 0 aliphatic rings. The Balaban J connectivity index is 1.80. The van der Waals surface area contributed by atoms with Crippen LogP contribution in [0.25, 0.3) is 22.0 Å². The van der Waals surface area contributed by atoms with Crippen LogP contribution in [0.2, 0.25) is 0 Å². The van der Waals surface area contributed by atoms with Crippen molar-refractivity contribution in [2.24, 2.45) is 0 Å². The smallest absolute Gasteiger partial charge is 0.418 e. The van der Waals surface area contributed by atoms with Crippen LogP contribution in [0.4, 0.5) is 13.2 Å². The Labute approximate surface area is 182 Å². The standard InChI is InChI=1S/C23H17F3N2O3S/c1-14-13-27-22-17(8-4-9-18(22)23(24,25)26)21(14)15-6-3-7-16(12-15)31-19-10-5-11-20(28-19)32(2,29)30/h3-13H,1-2H3. The van der Waals surface area contributed by atoms with E-state index in [0.717, 1.165) is 12.3 Å². The molecule has 0 amide bonds. The van der Waals surface area contributed by atoms with E-state index in [1.165, 1.54) is 30.5 Å². The van der Waals surface area contributed by atoms with Gasteiger partial charge in [0.05, 0.1) is 11.1 Å². The average Bonchev–Trinajstić information content (AvgIpc) is 2.72. The molecule has 0 bridgehead atoms. The Morgan fingerprint density at radius 1 is 0.969 bits per heavy atom. The third-order valence-corrected chi connectivity index (χ3v) is 5.80. The first-order chi connectivity index (χ1) is 15.0. The van der Waals surface area contributed by atoms with Crippen LogP contribution < -0.4 is 4.74 Å². The van der Waals surface area contributed by atoms with Gasteiger partial charge < -0.3 is 4.74 Å². The number of ether oxygens (including phenoxy) is 1. The highest BCUT2D eigenvalue weighted by Gasteiger charge is 2.33. The highest BCUT2D eigenvalue weighted by Crippen LogP contribution is 2.39. The second-order valence-corrected chi connectivity index (χ2v) is 9.19. The van der Waals surface area contributed by atoms with E-state index in [0.29, 0.717) is 27.8 Å². The van der Waals surface area contributed by atoms with Gasteiger partial charge in [0.2, 0.25) is 5.88 Å². The van der Waals surface area contributed by atoms with Crippen molar-refractivity contribution >= 4 is 20.7 Å². The van der Waals surface area contributed by atoms with Gasteiger partial charge in [-0.05, 0) is 47.9 Å². The van der Waals surface area contributed by atoms with Gasteiger partial charge >= 0.3 is 6.18 Å². The largest absolute Gasteiger partial charge is 0.439 e. The topological polar surface area (TPSA) is 69.2 Å². The summed E-state index contributed by atoms with van der Waals surface area (Å²) in [7, 11) is -3.50. The highest BCUT2D eigenvalue weighted by molar-refractivity contribution is 7.90. The number of halogens is 3. The number of aryl methyl sites for hydroxylation is 1. The van der Waals surface area contributed by atoms with Gasteiger partial charge in [0.25, 0.3) is 0 Å². The maximum atomic E-state index is 13.5. The van der Waals surface area contributed by atoms with Gasteiger partial charge in [0, 0.05) is 23.9 Å². The maximum Gasteiger partial charge on any atom is 0.418 e. The van der Waals surface area contributed by atoms with Crippen LogP contribution in [0.1, 0.15) is 11.1 Å². The maximum absolute atomic E-state index is 13.5. The minimum atomic E-state index is -4.53. The third kappa shape index (κ3) is 4.29. The van der Waals surface area contributed by atoms with Crippen LogP contribution >= 0.6 is 0 Å². The molecule has 0 saturated heterocycles. The average molecular weight is 458 g/mol. The molecule has 0 atom stereocenters. The third-order valence-electron chi connectivity index (χ3n) is 4.82. The molecule has 32 heavy (non-hydrogen) atoms. The van der Waals surface area contributed by atoms with Crippen molar-refractivity contribution < 1.29 is 26.3 Å². The zero-order valence-corrected chi connectivity index (χ0v) is 17.8. The van der Waals surface area contributed by atoms with E-state index in [-0.39, 0.29) is 16.4 Å². The van der Waals surface area contributed by atoms with Gasteiger partial charge in [-0.1, -0.05) is 30.3 Å². The minimum absolute atomic E-state index is 0.0840. The lowest BCUT2D eigenvalue weighted by atomic mass is 9.95. The zero-order chi connectivity index (χ0) is 23.1. The van der Waals surface area contributed by atoms with E-state index in [1.807, 2.05) is 0 Å². The molecule has 0 spiro atoms. The second kappa shape index (κ2) is 7.90. The summed E-state index contributed by atoms with van der Waals surface area (Å²) in [4.78, 5) is 8.04. The van der Waals surface area contributed by atoms with Crippen LogP contribution in [0.5, 0.6) is 11.6 Å². The zero-order valence-electron chi connectivity index (χ0n) is 17.0. The van der Waals surface area contributed by atoms with Crippen molar-refractivity contribution in [1.82, 2.24) is 9.97 Å². The first-order valence-electron chi connectivity index (χ1n) is 9.45. The van der Waals surface area contributed by atoms with Crippen LogP contribution in [0.3, 0.4) is 0 Å². The molecule has 2 aromatic carbocycles. The van der Waals surface area contributed by atoms with Crippen molar-refractivity contribution in [3.63, 3.8) is 0 Å². The normalized spacial score (nSPS) is 12.2. The number of aromatic nitrogens is 2. The number of benzene rings is 2. The summed E-state index contributed by atoms with van der Waals surface area (Å²) in [6.07, 6.45) is -2.07. The lowest BCUT2D eigenvalue weighted by Crippen LogP contribution is -2.07. The van der Waals surface area contributed by atoms with Crippen LogP contribution in [0.15, 0.2) is 71.9 Å². The fourth-order valence-electron chi connectivity index (χ4n) is 3.43. The molecule has 4 rings (SSSR count). The van der Waals surface area contributed by atoms with Gasteiger partial charge in [0.1, 0.15) is 5.75 Å². The van der Waals surface area contributed by atoms with Crippen molar-refractivity contribution in [1.29, 1.82) is 0 Å². The van der Waals surface area contributed by atoms with Gasteiger partial charge in [0.15, 0.2) is 14.9 Å². The molecule has 2 heterocycles. The Kier molecular flexibility index (Phi) is 5.37. The summed E-state index contributed by atoms with van der Waals surface area (Å²) in [6, 6.07) is 15.1. The molecule has 0 N–H and O–H groups in total. The molecule has 5 nitrogen and oxygen atoms in total. The van der Waals surface area contributed by atoms with Crippen molar-refractivity contribution in [2.75, 3.05) is 6.26 Å². The molecule has 164 valence electrons. The molecule has 2 aromatic heterocycles. The number of sulfone groups is 1. The molecule has 0 aliphatic carbocycles. The molecule has 0 radical (unpaired) electrons. The summed E-state index contributed by atoms with van der Waals surface area (Å²) < 4.78 is 69.6. The number of alkyl halides is 3. The highest BCUT2D eigenvalue weighted by atomic mass is 32.2. The number of fused-ring (bicyclic) bond motifs is 1. The number of nitrogens with zero attached hydrogens (tertiary/aromatic N) is 2. The molecule has 0 saturated carbocycles. The van der Waals surface area contributed by atoms with Crippen molar-refractivity contribution in [2.45, 2.75) is 18.1 Å². The predicted molar refractivity (Wildman–Crippen MR) is 114 cm³/mol. The number of pyridine rings is 2. The minimum Gasteiger partial charge on any atom is -0.439 e. The van der Waals surface area contributed by atoms with Gasteiger partial charge in [-0.15, -0.1) is 0 Å². The summed E-state index contributed by atoms with van der Waals surface area (Å²) in [5.74, 6) is 0.442. The summed E-state index contributed by atoms with van der Waals surface area (Å²) >= 11 is 0. The number of hydrogen-bond donors (Lipinski definition) is 0. The molecule has 0 aliphatic heterocycles. The van der Waals surface area contributed by atoms with Gasteiger partial charge in [-0.3, -0.25) is 4.98 Å². The van der Waals surface area contributed by atoms with Crippen LogP contribution in [-0.2, 0) is 16.0 Å². The Bertz CT molecular complexity index is 1430. The van der Waals surface area contributed by atoms with E-state index in [2.05, 4.69) is 9.97 Å². The van der Waals surface area contributed by atoms with E-state index in [4.69, 9.17) is 4.74 Å². The molecular formula is C23H17F3N2O3S. The number of para-hydroxylation sites is 1. The molecule has 9 heteroatoms. The molecule has 4 aromatic rings. The van der Waals surface area contributed by atoms with Crippen LogP contribution in [0, 0.1) is 6.92 Å². The first-order valence-corrected chi connectivity index (χ1v) is 11.3. The SMILES string of the molecule is Cc1cnc2c(C(F)(F)F)cccc2c1-c1cccc(Oc2cccc(S(C)(=O)=O)n2)c1. The van der Waals surface area contributed by atoms with Crippen molar-refractivity contribution in [3.05, 3.63) is 78.0 Å². The van der Waals surface area contributed by atoms with Crippen molar-refractivity contribution in [3.8, 4) is 22.8 Å². The lowest BCUT2D eigenvalue weighted by Gasteiger charge is -2.15. The fraction of sp³-hybridized carbons (Fsp3) is 0.130. The fourth-order valence-corrected chi connectivity index (χ4v) is 4.01. The van der Waals surface area contributed by atoms with Crippen LogP contribution in [-0.4, -0.2) is 24.6 Å².